The fourth-order valence-electron chi connectivity index (χ4n) is 4.07. The number of amides is 3. The van der Waals surface area contributed by atoms with Gasteiger partial charge in [0.15, 0.2) is 0 Å². The Balaban J connectivity index is 1.37. The highest BCUT2D eigenvalue weighted by Gasteiger charge is 2.42. The van der Waals surface area contributed by atoms with Crippen molar-refractivity contribution in [2.45, 2.75) is 50.7 Å². The first-order valence-electron chi connectivity index (χ1n) is 9.67. The number of thioether (sulfide) groups is 1. The number of benzene rings is 1. The Morgan fingerprint density at radius 1 is 1.11 bits per heavy atom. The van der Waals surface area contributed by atoms with E-state index in [1.807, 2.05) is 24.3 Å². The summed E-state index contributed by atoms with van der Waals surface area (Å²) in [6.45, 7) is 0.546. The number of nitrogens with zero attached hydrogens (tertiary/aromatic N) is 2. The Bertz CT molecular complexity index is 730. The van der Waals surface area contributed by atoms with Gasteiger partial charge in [-0.3, -0.25) is 14.4 Å². The van der Waals surface area contributed by atoms with Crippen molar-refractivity contribution in [1.82, 2.24) is 15.1 Å². The average Bonchev–Trinajstić information content (AvgIpc) is 3.18. The van der Waals surface area contributed by atoms with Crippen molar-refractivity contribution in [2.24, 2.45) is 0 Å². The van der Waals surface area contributed by atoms with Crippen molar-refractivity contribution in [1.29, 1.82) is 0 Å². The van der Waals surface area contributed by atoms with Crippen LogP contribution in [0.25, 0.3) is 0 Å². The molecule has 3 aliphatic rings. The summed E-state index contributed by atoms with van der Waals surface area (Å²) in [5.74, 6) is 1.32. The molecule has 2 saturated heterocycles. The number of piperazine rings is 1. The third kappa shape index (κ3) is 3.98. The number of fused-ring (bicyclic) bond motifs is 1. The Hall–Kier alpha value is -2.02. The lowest BCUT2D eigenvalue weighted by atomic mass is 9.95. The highest BCUT2D eigenvalue weighted by atomic mass is 32.2. The molecule has 144 valence electrons. The van der Waals surface area contributed by atoms with Gasteiger partial charge < -0.3 is 15.1 Å². The van der Waals surface area contributed by atoms with Crippen molar-refractivity contribution in [3.8, 4) is 0 Å². The predicted molar refractivity (Wildman–Crippen MR) is 104 cm³/mol. The topological polar surface area (TPSA) is 69.7 Å². The van der Waals surface area contributed by atoms with Crippen LogP contribution in [0.4, 0.5) is 0 Å². The third-order valence-electron chi connectivity index (χ3n) is 5.66. The predicted octanol–water partition coefficient (Wildman–Crippen LogP) is 1.99. The van der Waals surface area contributed by atoms with Gasteiger partial charge in [-0.2, -0.15) is 0 Å². The summed E-state index contributed by atoms with van der Waals surface area (Å²) >= 11 is 1.63. The summed E-state index contributed by atoms with van der Waals surface area (Å²) in [7, 11) is 0. The van der Waals surface area contributed by atoms with Gasteiger partial charge in [-0.25, -0.2) is 0 Å². The molecule has 6 nitrogen and oxygen atoms in total. The van der Waals surface area contributed by atoms with E-state index in [1.165, 1.54) is 19.3 Å². The fourth-order valence-corrected chi connectivity index (χ4v) is 5.24. The molecule has 0 aromatic heterocycles. The number of carbonyl (C=O) groups excluding carboxylic acids is 3. The van der Waals surface area contributed by atoms with Crippen LogP contribution in [-0.4, -0.2) is 57.8 Å². The van der Waals surface area contributed by atoms with Crippen molar-refractivity contribution in [3.05, 3.63) is 35.4 Å². The second-order valence-electron chi connectivity index (χ2n) is 7.58. The molecule has 27 heavy (non-hydrogen) atoms. The monoisotopic (exact) mass is 387 g/mol. The maximum atomic E-state index is 12.6. The summed E-state index contributed by atoms with van der Waals surface area (Å²) in [6.07, 6.45) is 5.75. The van der Waals surface area contributed by atoms with Crippen LogP contribution in [0.15, 0.2) is 24.3 Å². The lowest BCUT2D eigenvalue weighted by Crippen LogP contribution is -2.57. The van der Waals surface area contributed by atoms with Crippen LogP contribution >= 0.6 is 11.8 Å². The summed E-state index contributed by atoms with van der Waals surface area (Å²) in [4.78, 5) is 40.5. The van der Waals surface area contributed by atoms with E-state index >= 15 is 0 Å². The number of nitrogens with one attached hydrogen (secondary N) is 1. The van der Waals surface area contributed by atoms with E-state index in [2.05, 4.69) is 5.32 Å². The van der Waals surface area contributed by atoms with Gasteiger partial charge in [0.1, 0.15) is 12.6 Å². The summed E-state index contributed by atoms with van der Waals surface area (Å²) in [5, 5.41) is 3.12. The second kappa shape index (κ2) is 7.92. The molecule has 1 aromatic rings. The van der Waals surface area contributed by atoms with Crippen molar-refractivity contribution in [3.63, 3.8) is 0 Å². The Kier molecular flexibility index (Phi) is 5.38. The zero-order valence-electron chi connectivity index (χ0n) is 15.4. The molecule has 0 spiro atoms. The Labute approximate surface area is 163 Å². The molecular formula is C20H25N3O3S. The zero-order chi connectivity index (χ0) is 18.8. The van der Waals surface area contributed by atoms with Gasteiger partial charge in [-0.15, -0.1) is 11.8 Å². The molecule has 1 N–H and O–H groups in total. The largest absolute Gasteiger partial charge is 0.349 e. The summed E-state index contributed by atoms with van der Waals surface area (Å²) < 4.78 is 0. The highest BCUT2D eigenvalue weighted by Crippen LogP contribution is 2.26. The lowest BCUT2D eigenvalue weighted by molar-refractivity contribution is -0.153. The van der Waals surface area contributed by atoms with Crippen LogP contribution in [-0.2, 0) is 16.1 Å². The molecule has 7 heteroatoms. The van der Waals surface area contributed by atoms with Gasteiger partial charge >= 0.3 is 0 Å². The normalized spacial score (nSPS) is 23.5. The molecule has 3 fully saturated rings. The van der Waals surface area contributed by atoms with Gasteiger partial charge in [-0.1, -0.05) is 31.4 Å². The molecule has 0 bridgehead atoms. The molecule has 1 saturated carbocycles. The van der Waals surface area contributed by atoms with E-state index in [1.54, 1.807) is 21.6 Å². The lowest BCUT2D eigenvalue weighted by Gasteiger charge is -2.35. The second-order valence-corrected chi connectivity index (χ2v) is 8.58. The maximum Gasteiger partial charge on any atom is 0.251 e. The molecule has 1 aromatic carbocycles. The molecular weight excluding hydrogens is 362 g/mol. The van der Waals surface area contributed by atoms with E-state index in [0.29, 0.717) is 23.7 Å². The zero-order valence-corrected chi connectivity index (χ0v) is 16.2. The standard InChI is InChI=1S/C20H25N3O3S/c24-18-11-22(20(26)17-12-27-13-23(17)18)10-14-6-8-15(9-7-14)19(25)21-16-4-2-1-3-5-16/h6-9,16-17H,1-5,10-13H2,(H,21,25)/t17-/m0/s1. The van der Waals surface area contributed by atoms with E-state index in [4.69, 9.17) is 0 Å². The van der Waals surface area contributed by atoms with Gasteiger partial charge in [0.05, 0.1) is 5.88 Å². The molecule has 0 unspecified atom stereocenters. The first kappa shape index (κ1) is 18.3. The molecule has 0 radical (unpaired) electrons. The minimum Gasteiger partial charge on any atom is -0.349 e. The van der Waals surface area contributed by atoms with Gasteiger partial charge in [0.25, 0.3) is 5.91 Å². The minimum absolute atomic E-state index is 0.0214. The molecule has 2 aliphatic heterocycles. The fraction of sp³-hybridized carbons (Fsp3) is 0.550. The number of hydrogen-bond acceptors (Lipinski definition) is 4. The first-order chi connectivity index (χ1) is 13.1. The van der Waals surface area contributed by atoms with Gasteiger partial charge in [-0.05, 0) is 30.5 Å². The summed E-state index contributed by atoms with van der Waals surface area (Å²) in [5.41, 5.74) is 1.58. The van der Waals surface area contributed by atoms with Gasteiger partial charge in [0, 0.05) is 23.9 Å². The molecule has 2 heterocycles. The van der Waals surface area contributed by atoms with E-state index < -0.39 is 0 Å². The smallest absolute Gasteiger partial charge is 0.251 e. The first-order valence-corrected chi connectivity index (χ1v) is 10.8. The van der Waals surface area contributed by atoms with Crippen LogP contribution in [0.3, 0.4) is 0 Å². The maximum absolute atomic E-state index is 12.6. The van der Waals surface area contributed by atoms with Crippen LogP contribution in [0.1, 0.15) is 48.0 Å². The van der Waals surface area contributed by atoms with Crippen molar-refractivity contribution in [2.75, 3.05) is 18.2 Å². The van der Waals surface area contributed by atoms with Gasteiger partial charge in [0.2, 0.25) is 11.8 Å². The molecule has 1 aliphatic carbocycles. The van der Waals surface area contributed by atoms with E-state index in [-0.39, 0.29) is 36.3 Å². The number of carbonyl (C=O) groups is 3. The Morgan fingerprint density at radius 3 is 2.59 bits per heavy atom. The highest BCUT2D eigenvalue weighted by molar-refractivity contribution is 7.99. The number of hydrogen-bond donors (Lipinski definition) is 1. The quantitative estimate of drug-likeness (QED) is 0.858. The van der Waals surface area contributed by atoms with Crippen molar-refractivity contribution >= 4 is 29.5 Å². The number of rotatable bonds is 4. The SMILES string of the molecule is O=C(NC1CCCCC1)c1ccc(CN2CC(=O)N3CSC[C@H]3C2=O)cc1. The van der Waals surface area contributed by atoms with Crippen LogP contribution in [0.5, 0.6) is 0 Å². The van der Waals surface area contributed by atoms with Crippen LogP contribution in [0.2, 0.25) is 0 Å². The van der Waals surface area contributed by atoms with Crippen molar-refractivity contribution < 1.29 is 14.4 Å². The van der Waals surface area contributed by atoms with E-state index in [9.17, 15) is 14.4 Å². The van der Waals surface area contributed by atoms with Crippen LogP contribution < -0.4 is 5.32 Å². The third-order valence-corrected chi connectivity index (χ3v) is 6.67. The van der Waals surface area contributed by atoms with Crippen LogP contribution in [0, 0.1) is 0 Å². The molecule has 3 amide bonds. The average molecular weight is 388 g/mol. The molecule has 1 atom stereocenters. The molecule has 4 rings (SSSR count). The van der Waals surface area contributed by atoms with E-state index in [0.717, 1.165) is 18.4 Å². The summed E-state index contributed by atoms with van der Waals surface area (Å²) in [6, 6.07) is 7.35. The minimum atomic E-state index is -0.309. The Morgan fingerprint density at radius 2 is 1.85 bits per heavy atom.